The van der Waals surface area contributed by atoms with Crippen molar-refractivity contribution in [2.45, 2.75) is 56.8 Å². The largest absolute Gasteiger partial charge is 0.390 e. The Hall–Kier alpha value is -0.120. The molecule has 2 rings (SSSR count). The summed E-state index contributed by atoms with van der Waals surface area (Å²) < 4.78 is 5.93. The number of rotatable bonds is 2. The average molecular weight is 199 g/mol. The molecule has 3 unspecified atom stereocenters. The van der Waals surface area contributed by atoms with Crippen LogP contribution in [0.3, 0.4) is 0 Å². The molecule has 1 saturated carbocycles. The zero-order valence-electron chi connectivity index (χ0n) is 8.74. The molecule has 2 N–H and O–H groups in total. The van der Waals surface area contributed by atoms with Gasteiger partial charge in [0, 0.05) is 6.54 Å². The van der Waals surface area contributed by atoms with Crippen LogP contribution in [0.1, 0.15) is 38.5 Å². The van der Waals surface area contributed by atoms with E-state index in [1.165, 1.54) is 12.8 Å². The highest BCUT2D eigenvalue weighted by Crippen LogP contribution is 2.23. The van der Waals surface area contributed by atoms with Gasteiger partial charge >= 0.3 is 0 Å². The molecule has 1 saturated heterocycles. The number of nitrogens with one attached hydrogen (secondary N) is 1. The number of aliphatic hydroxyl groups is 1. The summed E-state index contributed by atoms with van der Waals surface area (Å²) in [7, 11) is 0. The van der Waals surface area contributed by atoms with Crippen LogP contribution in [0.2, 0.25) is 0 Å². The average Bonchev–Trinajstić information content (AvgIpc) is 2.23. The molecule has 0 amide bonds. The highest BCUT2D eigenvalue weighted by molar-refractivity contribution is 4.78. The van der Waals surface area contributed by atoms with E-state index in [4.69, 9.17) is 4.74 Å². The summed E-state index contributed by atoms with van der Waals surface area (Å²) >= 11 is 0. The van der Waals surface area contributed by atoms with E-state index in [0.717, 1.165) is 38.8 Å². The molecule has 0 aromatic rings. The van der Waals surface area contributed by atoms with Crippen molar-refractivity contribution >= 4 is 0 Å². The van der Waals surface area contributed by atoms with E-state index in [0.29, 0.717) is 6.10 Å². The van der Waals surface area contributed by atoms with Crippen LogP contribution in [0.4, 0.5) is 0 Å². The summed E-state index contributed by atoms with van der Waals surface area (Å²) in [4.78, 5) is 0. The maximum absolute atomic E-state index is 9.75. The second kappa shape index (κ2) is 5.10. The van der Waals surface area contributed by atoms with Crippen molar-refractivity contribution in [1.82, 2.24) is 5.32 Å². The first-order chi connectivity index (χ1) is 6.86. The number of aliphatic hydroxyl groups excluding tert-OH is 1. The third kappa shape index (κ3) is 2.69. The first-order valence-electron chi connectivity index (χ1n) is 5.90. The van der Waals surface area contributed by atoms with E-state index in [1.54, 1.807) is 0 Å². The zero-order chi connectivity index (χ0) is 9.80. The lowest BCUT2D eigenvalue weighted by Crippen LogP contribution is -2.42. The molecule has 3 atom stereocenters. The smallest absolute Gasteiger partial charge is 0.0838 e. The third-order valence-electron chi connectivity index (χ3n) is 3.29. The molecule has 0 bridgehead atoms. The van der Waals surface area contributed by atoms with Crippen molar-refractivity contribution in [3.05, 3.63) is 0 Å². The van der Waals surface area contributed by atoms with Crippen LogP contribution < -0.4 is 5.32 Å². The van der Waals surface area contributed by atoms with Crippen LogP contribution in [0.5, 0.6) is 0 Å². The first-order valence-corrected chi connectivity index (χ1v) is 5.90. The van der Waals surface area contributed by atoms with Crippen LogP contribution >= 0.6 is 0 Å². The Morgan fingerprint density at radius 1 is 1.07 bits per heavy atom. The predicted octanol–water partition coefficient (Wildman–Crippen LogP) is 1.06. The van der Waals surface area contributed by atoms with Gasteiger partial charge in [-0.15, -0.1) is 0 Å². The summed E-state index contributed by atoms with van der Waals surface area (Å²) in [5, 5.41) is 13.1. The van der Waals surface area contributed by atoms with Gasteiger partial charge in [0.25, 0.3) is 0 Å². The second-order valence-electron chi connectivity index (χ2n) is 4.49. The first kappa shape index (κ1) is 10.4. The van der Waals surface area contributed by atoms with Crippen LogP contribution in [0.15, 0.2) is 0 Å². The van der Waals surface area contributed by atoms with Gasteiger partial charge in [0.15, 0.2) is 0 Å². The van der Waals surface area contributed by atoms with Crippen LogP contribution in [-0.2, 0) is 4.74 Å². The van der Waals surface area contributed by atoms with E-state index in [1.807, 2.05) is 0 Å². The minimum atomic E-state index is -0.217. The Kier molecular flexibility index (Phi) is 3.79. The minimum absolute atomic E-state index is 0.105. The Morgan fingerprint density at radius 2 is 1.93 bits per heavy atom. The summed E-state index contributed by atoms with van der Waals surface area (Å²) in [6.45, 7) is 2.08. The lowest BCUT2D eigenvalue weighted by molar-refractivity contribution is -0.0984. The van der Waals surface area contributed by atoms with Crippen molar-refractivity contribution in [1.29, 1.82) is 0 Å². The molecule has 1 heterocycles. The van der Waals surface area contributed by atoms with Gasteiger partial charge < -0.3 is 15.2 Å². The van der Waals surface area contributed by atoms with Gasteiger partial charge in [-0.2, -0.15) is 0 Å². The maximum Gasteiger partial charge on any atom is 0.0838 e. The van der Waals surface area contributed by atoms with Gasteiger partial charge in [-0.1, -0.05) is 12.8 Å². The Balaban J connectivity index is 1.76. The van der Waals surface area contributed by atoms with E-state index >= 15 is 0 Å². The number of ether oxygens (including phenoxy) is 1. The third-order valence-corrected chi connectivity index (χ3v) is 3.29. The summed E-state index contributed by atoms with van der Waals surface area (Å²) in [5.74, 6) is 0. The number of hydrogen-bond donors (Lipinski definition) is 2. The Bertz CT molecular complexity index is 169. The molecule has 82 valence electrons. The fourth-order valence-electron chi connectivity index (χ4n) is 2.42. The number of piperidine rings is 1. The van der Waals surface area contributed by atoms with Gasteiger partial charge in [-0.25, -0.2) is 0 Å². The van der Waals surface area contributed by atoms with Crippen molar-refractivity contribution in [3.63, 3.8) is 0 Å². The molecular weight excluding hydrogens is 178 g/mol. The highest BCUT2D eigenvalue weighted by atomic mass is 16.5. The van der Waals surface area contributed by atoms with Crippen LogP contribution in [0, 0.1) is 0 Å². The fraction of sp³-hybridized carbons (Fsp3) is 1.00. The normalized spacial score (nSPS) is 39.6. The van der Waals surface area contributed by atoms with E-state index < -0.39 is 0 Å². The maximum atomic E-state index is 9.75. The Labute approximate surface area is 85.8 Å². The molecule has 3 nitrogen and oxygen atoms in total. The van der Waals surface area contributed by atoms with Crippen molar-refractivity contribution in [3.8, 4) is 0 Å². The fourth-order valence-corrected chi connectivity index (χ4v) is 2.42. The molecule has 3 heteroatoms. The second-order valence-corrected chi connectivity index (χ2v) is 4.49. The molecule has 0 spiro atoms. The summed E-state index contributed by atoms with van der Waals surface area (Å²) in [5.41, 5.74) is 0. The quantitative estimate of drug-likeness (QED) is 0.698. The van der Waals surface area contributed by atoms with Crippen molar-refractivity contribution < 1.29 is 9.84 Å². The van der Waals surface area contributed by atoms with Crippen molar-refractivity contribution in [2.75, 3.05) is 13.1 Å². The minimum Gasteiger partial charge on any atom is -0.390 e. The molecule has 1 aliphatic carbocycles. The predicted molar refractivity (Wildman–Crippen MR) is 55.2 cm³/mol. The van der Waals surface area contributed by atoms with E-state index in [2.05, 4.69) is 5.32 Å². The van der Waals surface area contributed by atoms with Crippen LogP contribution in [0.25, 0.3) is 0 Å². The number of hydrogen-bond acceptors (Lipinski definition) is 3. The molecule has 1 aliphatic heterocycles. The topological polar surface area (TPSA) is 41.5 Å². The monoisotopic (exact) mass is 199 g/mol. The van der Waals surface area contributed by atoms with Crippen LogP contribution in [-0.4, -0.2) is 36.5 Å². The van der Waals surface area contributed by atoms with Gasteiger partial charge in [0.2, 0.25) is 0 Å². The van der Waals surface area contributed by atoms with Gasteiger partial charge in [-0.3, -0.25) is 0 Å². The molecular formula is C11H21NO2. The van der Waals surface area contributed by atoms with Crippen molar-refractivity contribution in [2.24, 2.45) is 0 Å². The molecule has 0 aromatic heterocycles. The van der Waals surface area contributed by atoms with Gasteiger partial charge in [0.05, 0.1) is 18.3 Å². The van der Waals surface area contributed by atoms with E-state index in [-0.39, 0.29) is 12.2 Å². The zero-order valence-corrected chi connectivity index (χ0v) is 8.74. The Morgan fingerprint density at radius 3 is 2.64 bits per heavy atom. The summed E-state index contributed by atoms with van der Waals surface area (Å²) in [6, 6.07) is 0. The SMILES string of the molecule is OC1CCCCC1OC1CCCNC1. The van der Waals surface area contributed by atoms with E-state index in [9.17, 15) is 5.11 Å². The molecule has 0 radical (unpaired) electrons. The molecule has 14 heavy (non-hydrogen) atoms. The standard InChI is InChI=1S/C11H21NO2/c13-10-5-1-2-6-11(10)14-9-4-3-7-12-8-9/h9-13H,1-8H2. The summed E-state index contributed by atoms with van der Waals surface area (Å²) in [6.07, 6.45) is 6.90. The lowest BCUT2D eigenvalue weighted by atomic mass is 9.94. The molecule has 0 aromatic carbocycles. The molecule has 2 fully saturated rings. The molecule has 2 aliphatic rings. The van der Waals surface area contributed by atoms with Gasteiger partial charge in [0.1, 0.15) is 0 Å². The lowest BCUT2D eigenvalue weighted by Gasteiger charge is -2.33. The van der Waals surface area contributed by atoms with Gasteiger partial charge in [-0.05, 0) is 32.2 Å². The highest BCUT2D eigenvalue weighted by Gasteiger charge is 2.27.